The molecule has 0 aliphatic rings. The van der Waals surface area contributed by atoms with E-state index in [1.807, 2.05) is 42.5 Å². The van der Waals surface area contributed by atoms with Crippen molar-refractivity contribution < 1.29 is 4.79 Å². The number of carbonyl (C=O) groups is 1. The van der Waals surface area contributed by atoms with Gasteiger partial charge in [0.2, 0.25) is 0 Å². The van der Waals surface area contributed by atoms with E-state index in [1.54, 1.807) is 31.4 Å². The van der Waals surface area contributed by atoms with Gasteiger partial charge in [-0.1, -0.05) is 12.1 Å². The molecule has 1 N–H and O–H groups in total. The third-order valence-electron chi connectivity index (χ3n) is 4.32. The zero-order valence-electron chi connectivity index (χ0n) is 15.2. The number of hydrogen-bond acceptors (Lipinski definition) is 4. The van der Waals surface area contributed by atoms with Crippen molar-refractivity contribution in [3.63, 3.8) is 0 Å². The number of amides is 1. The van der Waals surface area contributed by atoms with Crippen molar-refractivity contribution in [2.75, 3.05) is 14.1 Å². The van der Waals surface area contributed by atoms with E-state index < -0.39 is 0 Å². The first kappa shape index (κ1) is 16.9. The van der Waals surface area contributed by atoms with E-state index in [-0.39, 0.29) is 5.91 Å². The Morgan fingerprint density at radius 2 is 1.89 bits per heavy atom. The predicted octanol–water partition coefficient (Wildman–Crippen LogP) is 3.31. The van der Waals surface area contributed by atoms with Crippen molar-refractivity contribution in [1.29, 1.82) is 0 Å². The summed E-state index contributed by atoms with van der Waals surface area (Å²) in [5, 5.41) is 0.999. The molecule has 134 valence electrons. The molecule has 0 radical (unpaired) electrons. The quantitative estimate of drug-likeness (QED) is 0.608. The van der Waals surface area contributed by atoms with Gasteiger partial charge in [-0.15, -0.1) is 0 Å². The number of fused-ring (bicyclic) bond motifs is 1. The minimum Gasteiger partial charge on any atom is -0.351 e. The van der Waals surface area contributed by atoms with Gasteiger partial charge in [-0.2, -0.15) is 0 Å². The Kier molecular flexibility index (Phi) is 4.38. The number of benzene rings is 1. The second kappa shape index (κ2) is 6.99. The molecule has 6 nitrogen and oxygen atoms in total. The van der Waals surface area contributed by atoms with Crippen LogP contribution in [-0.4, -0.2) is 44.8 Å². The summed E-state index contributed by atoms with van der Waals surface area (Å²) >= 11 is 0. The van der Waals surface area contributed by atoms with Crippen LogP contribution >= 0.6 is 0 Å². The molecule has 4 rings (SSSR count). The highest BCUT2D eigenvalue weighted by atomic mass is 16.2. The van der Waals surface area contributed by atoms with Gasteiger partial charge >= 0.3 is 0 Å². The Bertz CT molecular complexity index is 1100. The lowest BCUT2D eigenvalue weighted by atomic mass is 10.1. The van der Waals surface area contributed by atoms with Crippen LogP contribution in [0.4, 0.5) is 0 Å². The highest BCUT2D eigenvalue weighted by molar-refractivity contribution is 5.97. The lowest BCUT2D eigenvalue weighted by Gasteiger charge is -2.07. The SMILES string of the molecule is CN(C)C(=O)c1cc2cc(Cc3nccc(-c4ccccn4)n3)ccc2[nH]1. The number of aromatic amines is 1. The summed E-state index contributed by atoms with van der Waals surface area (Å²) in [6, 6.07) is 15.6. The first-order valence-electron chi connectivity index (χ1n) is 8.67. The van der Waals surface area contributed by atoms with Gasteiger partial charge in [0.15, 0.2) is 0 Å². The third kappa shape index (κ3) is 3.55. The molecule has 3 heterocycles. The van der Waals surface area contributed by atoms with Gasteiger partial charge in [-0.25, -0.2) is 9.97 Å². The molecule has 1 amide bonds. The maximum Gasteiger partial charge on any atom is 0.269 e. The molecule has 0 atom stereocenters. The summed E-state index contributed by atoms with van der Waals surface area (Å²) in [6.07, 6.45) is 4.12. The first-order chi connectivity index (χ1) is 13.1. The summed E-state index contributed by atoms with van der Waals surface area (Å²) in [7, 11) is 3.48. The van der Waals surface area contributed by atoms with Crippen LogP contribution in [0, 0.1) is 0 Å². The number of pyridine rings is 1. The molecule has 0 fully saturated rings. The summed E-state index contributed by atoms with van der Waals surface area (Å²) in [5.41, 5.74) is 4.24. The molecule has 0 aliphatic heterocycles. The molecule has 0 spiro atoms. The van der Waals surface area contributed by atoms with Crippen molar-refractivity contribution in [2.24, 2.45) is 0 Å². The van der Waals surface area contributed by atoms with Crippen LogP contribution in [-0.2, 0) is 6.42 Å². The molecule has 0 aliphatic carbocycles. The molecular weight excluding hydrogens is 338 g/mol. The monoisotopic (exact) mass is 357 g/mol. The van der Waals surface area contributed by atoms with E-state index in [0.717, 1.165) is 33.7 Å². The molecule has 4 aromatic rings. The van der Waals surface area contributed by atoms with Crippen LogP contribution < -0.4 is 0 Å². The van der Waals surface area contributed by atoms with E-state index in [2.05, 4.69) is 26.0 Å². The average Bonchev–Trinajstić information content (AvgIpc) is 3.11. The third-order valence-corrected chi connectivity index (χ3v) is 4.32. The van der Waals surface area contributed by atoms with Crippen molar-refractivity contribution in [1.82, 2.24) is 24.8 Å². The molecule has 0 unspecified atom stereocenters. The van der Waals surface area contributed by atoms with Crippen molar-refractivity contribution >= 4 is 16.8 Å². The van der Waals surface area contributed by atoms with Gasteiger partial charge in [-0.05, 0) is 42.0 Å². The molecule has 1 aromatic carbocycles. The summed E-state index contributed by atoms with van der Waals surface area (Å²) < 4.78 is 0. The normalized spacial score (nSPS) is 10.9. The number of H-pyrrole nitrogens is 1. The number of aromatic nitrogens is 4. The Balaban J connectivity index is 1.61. The Morgan fingerprint density at radius 1 is 1.00 bits per heavy atom. The maximum atomic E-state index is 12.1. The van der Waals surface area contributed by atoms with E-state index in [4.69, 9.17) is 0 Å². The van der Waals surface area contributed by atoms with E-state index >= 15 is 0 Å². The van der Waals surface area contributed by atoms with Crippen LogP contribution in [0.1, 0.15) is 21.9 Å². The number of hydrogen-bond donors (Lipinski definition) is 1. The van der Waals surface area contributed by atoms with E-state index in [9.17, 15) is 4.79 Å². The van der Waals surface area contributed by atoms with Crippen LogP contribution in [0.3, 0.4) is 0 Å². The van der Waals surface area contributed by atoms with Gasteiger partial charge in [0, 0.05) is 43.8 Å². The lowest BCUT2D eigenvalue weighted by Crippen LogP contribution is -2.21. The zero-order chi connectivity index (χ0) is 18.8. The van der Waals surface area contributed by atoms with Crippen LogP contribution in [0.2, 0.25) is 0 Å². The van der Waals surface area contributed by atoms with Crippen molar-refractivity contribution in [3.8, 4) is 11.4 Å². The highest BCUT2D eigenvalue weighted by Gasteiger charge is 2.12. The lowest BCUT2D eigenvalue weighted by molar-refractivity contribution is 0.0823. The topological polar surface area (TPSA) is 74.8 Å². The minimum atomic E-state index is -0.0425. The second-order valence-corrected chi connectivity index (χ2v) is 6.55. The molecule has 3 aromatic heterocycles. The van der Waals surface area contributed by atoms with E-state index in [1.165, 1.54) is 0 Å². The molecule has 0 saturated carbocycles. The summed E-state index contributed by atoms with van der Waals surface area (Å²) in [6.45, 7) is 0. The maximum absolute atomic E-state index is 12.1. The molecule has 27 heavy (non-hydrogen) atoms. The fourth-order valence-corrected chi connectivity index (χ4v) is 2.97. The molecule has 0 bridgehead atoms. The van der Waals surface area contributed by atoms with Gasteiger partial charge in [0.05, 0.1) is 11.4 Å². The standard InChI is InChI=1S/C21H19N5O/c1-26(2)21(27)19-13-15-11-14(6-7-16(15)24-19)12-20-23-10-8-18(25-20)17-5-3-4-9-22-17/h3-11,13,24H,12H2,1-2H3. The number of rotatable bonds is 4. The fourth-order valence-electron chi connectivity index (χ4n) is 2.97. The Hall–Kier alpha value is -3.54. The number of nitrogens with one attached hydrogen (secondary N) is 1. The molecule has 0 saturated heterocycles. The summed E-state index contributed by atoms with van der Waals surface area (Å²) in [4.78, 5) is 30.2. The Labute approximate surface area is 156 Å². The van der Waals surface area contributed by atoms with Gasteiger partial charge in [-0.3, -0.25) is 9.78 Å². The van der Waals surface area contributed by atoms with Crippen molar-refractivity contribution in [2.45, 2.75) is 6.42 Å². The second-order valence-electron chi connectivity index (χ2n) is 6.55. The molecule has 6 heteroatoms. The van der Waals surface area contributed by atoms with Crippen LogP contribution in [0.5, 0.6) is 0 Å². The van der Waals surface area contributed by atoms with Gasteiger partial charge < -0.3 is 9.88 Å². The summed E-state index contributed by atoms with van der Waals surface area (Å²) in [5.74, 6) is 0.691. The smallest absolute Gasteiger partial charge is 0.269 e. The molecular formula is C21H19N5O. The predicted molar refractivity (Wildman–Crippen MR) is 104 cm³/mol. The van der Waals surface area contributed by atoms with Gasteiger partial charge in [0.1, 0.15) is 11.5 Å². The van der Waals surface area contributed by atoms with Crippen LogP contribution in [0.15, 0.2) is 60.9 Å². The van der Waals surface area contributed by atoms with Gasteiger partial charge in [0.25, 0.3) is 5.91 Å². The first-order valence-corrected chi connectivity index (χ1v) is 8.67. The highest BCUT2D eigenvalue weighted by Crippen LogP contribution is 2.20. The number of carbonyl (C=O) groups excluding carboxylic acids is 1. The largest absolute Gasteiger partial charge is 0.351 e. The average molecular weight is 357 g/mol. The fraction of sp³-hybridized carbons (Fsp3) is 0.143. The van der Waals surface area contributed by atoms with Crippen molar-refractivity contribution in [3.05, 3.63) is 78.0 Å². The Morgan fingerprint density at radius 3 is 2.67 bits per heavy atom. The minimum absolute atomic E-state index is 0.0425. The zero-order valence-corrected chi connectivity index (χ0v) is 15.2. The number of nitrogens with zero attached hydrogens (tertiary/aromatic N) is 4. The van der Waals surface area contributed by atoms with Crippen LogP contribution in [0.25, 0.3) is 22.3 Å². The van der Waals surface area contributed by atoms with E-state index in [0.29, 0.717) is 12.1 Å².